The van der Waals surface area contributed by atoms with Gasteiger partial charge in [0.15, 0.2) is 0 Å². The maximum absolute atomic E-state index is 12.5. The third-order valence-electron chi connectivity index (χ3n) is 4.10. The van der Waals surface area contributed by atoms with Gasteiger partial charge >= 0.3 is 5.97 Å². The minimum absolute atomic E-state index is 0.0173. The Morgan fingerprint density at radius 2 is 1.96 bits per heavy atom. The summed E-state index contributed by atoms with van der Waals surface area (Å²) >= 11 is 0. The molecule has 1 amide bonds. The highest BCUT2D eigenvalue weighted by atomic mass is 32.2. The zero-order valence-corrected chi connectivity index (χ0v) is 15.3. The van der Waals surface area contributed by atoms with Crippen LogP contribution < -0.4 is 0 Å². The van der Waals surface area contributed by atoms with Crippen LogP contribution in [0.3, 0.4) is 0 Å². The van der Waals surface area contributed by atoms with Gasteiger partial charge in [-0.3, -0.25) is 9.78 Å². The van der Waals surface area contributed by atoms with E-state index in [0.717, 1.165) is 37.0 Å². The number of piperidine rings is 1. The average Bonchev–Trinajstić information content (AvgIpc) is 2.64. The summed E-state index contributed by atoms with van der Waals surface area (Å²) in [4.78, 5) is 28.2. The summed E-state index contributed by atoms with van der Waals surface area (Å²) in [6, 6.07) is 3.49. The van der Waals surface area contributed by atoms with Crippen LogP contribution in [0.15, 0.2) is 36.7 Å². The van der Waals surface area contributed by atoms with Crippen molar-refractivity contribution in [3.8, 4) is 0 Å². The van der Waals surface area contributed by atoms with E-state index in [-0.39, 0.29) is 18.8 Å². The summed E-state index contributed by atoms with van der Waals surface area (Å²) in [6.07, 6.45) is 7.58. The Balaban J connectivity index is 2.07. The van der Waals surface area contributed by atoms with E-state index in [4.69, 9.17) is 5.11 Å². The molecule has 0 spiro atoms. The zero-order chi connectivity index (χ0) is 19.0. The first kappa shape index (κ1) is 20.1. The first-order valence-corrected chi connectivity index (χ1v) is 10.1. The van der Waals surface area contributed by atoms with Crippen molar-refractivity contribution in [3.63, 3.8) is 0 Å². The van der Waals surface area contributed by atoms with Gasteiger partial charge in [-0.05, 0) is 24.5 Å². The predicted octanol–water partition coefficient (Wildman–Crippen LogP) is 0.867. The van der Waals surface area contributed by atoms with Gasteiger partial charge in [0.25, 0.3) is 0 Å². The molecule has 0 aliphatic carbocycles. The molecule has 0 atom stereocenters. The number of hydrogen-bond acceptors (Lipinski definition) is 5. The van der Waals surface area contributed by atoms with Crippen LogP contribution in [0.5, 0.6) is 0 Å². The van der Waals surface area contributed by atoms with E-state index in [1.54, 1.807) is 24.5 Å². The molecule has 1 aromatic rings. The molecule has 1 aromatic heterocycles. The first-order chi connectivity index (χ1) is 12.4. The highest BCUT2D eigenvalue weighted by Gasteiger charge is 2.25. The summed E-state index contributed by atoms with van der Waals surface area (Å²) in [5, 5.41) is 8.69. The molecule has 1 aliphatic rings. The molecule has 142 valence electrons. The molecule has 26 heavy (non-hydrogen) atoms. The molecule has 0 saturated carbocycles. The number of hydrogen-bond donors (Lipinski definition) is 1. The van der Waals surface area contributed by atoms with Gasteiger partial charge in [-0.2, -0.15) is 0 Å². The number of rotatable bonds is 8. The highest BCUT2D eigenvalue weighted by molar-refractivity contribution is 7.89. The summed E-state index contributed by atoms with van der Waals surface area (Å²) in [7, 11) is -3.45. The van der Waals surface area contributed by atoms with Crippen molar-refractivity contribution in [3.05, 3.63) is 42.2 Å². The molecule has 1 N–H and O–H groups in total. The van der Waals surface area contributed by atoms with Crippen LogP contribution in [0.4, 0.5) is 0 Å². The average molecular weight is 381 g/mol. The number of sulfonamides is 1. The molecule has 8 nitrogen and oxygen atoms in total. The number of amides is 1. The summed E-state index contributed by atoms with van der Waals surface area (Å²) in [6.45, 7) is 1.16. The lowest BCUT2D eigenvalue weighted by atomic mass is 10.2. The molecule has 2 heterocycles. The van der Waals surface area contributed by atoms with Gasteiger partial charge in [-0.25, -0.2) is 17.5 Å². The monoisotopic (exact) mass is 381 g/mol. The van der Waals surface area contributed by atoms with Gasteiger partial charge in [-0.1, -0.05) is 12.5 Å². The van der Waals surface area contributed by atoms with Crippen molar-refractivity contribution in [1.82, 2.24) is 14.2 Å². The Labute approximate surface area is 153 Å². The standard InChI is InChI=1S/C17H23N3O5S/c21-16(6-7-17(22)23)19(14-15-5-4-8-18-13-15)11-12-26(24,25)20-9-2-1-3-10-20/h4-8,13H,1-3,9-12,14H2,(H,22,23)/b7-6+. The van der Waals surface area contributed by atoms with Crippen LogP contribution in [0.25, 0.3) is 0 Å². The Hall–Kier alpha value is -2.26. The second-order valence-corrected chi connectivity index (χ2v) is 8.16. The van der Waals surface area contributed by atoms with Crippen molar-refractivity contribution in [2.24, 2.45) is 0 Å². The minimum Gasteiger partial charge on any atom is -0.478 e. The molecule has 0 unspecified atom stereocenters. The second-order valence-electron chi connectivity index (χ2n) is 6.07. The molecular formula is C17H23N3O5S. The molecule has 9 heteroatoms. The van der Waals surface area contributed by atoms with Crippen molar-refractivity contribution in [2.75, 3.05) is 25.4 Å². The van der Waals surface area contributed by atoms with Crippen molar-refractivity contribution in [1.29, 1.82) is 0 Å². The van der Waals surface area contributed by atoms with Crippen LogP contribution >= 0.6 is 0 Å². The van der Waals surface area contributed by atoms with Gasteiger partial charge in [0, 0.05) is 50.7 Å². The SMILES string of the molecule is O=C(O)/C=C/C(=O)N(CCS(=O)(=O)N1CCCCC1)Cc1cccnc1. The molecule has 0 radical (unpaired) electrons. The number of nitrogens with zero attached hydrogens (tertiary/aromatic N) is 3. The Morgan fingerprint density at radius 3 is 2.58 bits per heavy atom. The fraction of sp³-hybridized carbons (Fsp3) is 0.471. The number of carbonyl (C=O) groups excluding carboxylic acids is 1. The molecule has 0 aromatic carbocycles. The Kier molecular flexibility index (Phi) is 7.28. The van der Waals surface area contributed by atoms with E-state index < -0.39 is 21.9 Å². The smallest absolute Gasteiger partial charge is 0.328 e. The molecule has 1 aliphatic heterocycles. The third-order valence-corrected chi connectivity index (χ3v) is 5.95. The maximum Gasteiger partial charge on any atom is 0.328 e. The molecule has 1 saturated heterocycles. The number of carbonyl (C=O) groups is 2. The van der Waals surface area contributed by atoms with E-state index >= 15 is 0 Å². The van der Waals surface area contributed by atoms with E-state index in [2.05, 4.69) is 4.98 Å². The normalized spacial score (nSPS) is 15.8. The van der Waals surface area contributed by atoms with Crippen LogP contribution in [0.2, 0.25) is 0 Å². The Bertz CT molecular complexity index is 743. The lowest BCUT2D eigenvalue weighted by molar-refractivity contribution is -0.132. The number of aromatic nitrogens is 1. The van der Waals surface area contributed by atoms with Crippen molar-refractivity contribution < 1.29 is 23.1 Å². The fourth-order valence-corrected chi connectivity index (χ4v) is 4.25. The third kappa shape index (κ3) is 6.23. The van der Waals surface area contributed by atoms with Crippen LogP contribution in [-0.2, 0) is 26.2 Å². The minimum atomic E-state index is -3.45. The van der Waals surface area contributed by atoms with Crippen molar-refractivity contribution >= 4 is 21.9 Å². The van der Waals surface area contributed by atoms with E-state index in [1.165, 1.54) is 9.21 Å². The van der Waals surface area contributed by atoms with Gasteiger partial charge in [0.2, 0.25) is 15.9 Å². The van der Waals surface area contributed by atoms with Gasteiger partial charge in [0.05, 0.1) is 5.75 Å². The van der Waals surface area contributed by atoms with Crippen LogP contribution in [0.1, 0.15) is 24.8 Å². The molecular weight excluding hydrogens is 358 g/mol. The maximum atomic E-state index is 12.5. The Morgan fingerprint density at radius 1 is 1.23 bits per heavy atom. The van der Waals surface area contributed by atoms with E-state index in [1.807, 2.05) is 0 Å². The van der Waals surface area contributed by atoms with Crippen LogP contribution in [-0.4, -0.2) is 65.0 Å². The van der Waals surface area contributed by atoms with Gasteiger partial charge in [-0.15, -0.1) is 0 Å². The molecule has 2 rings (SSSR count). The van der Waals surface area contributed by atoms with Gasteiger partial charge in [0.1, 0.15) is 0 Å². The van der Waals surface area contributed by atoms with Crippen molar-refractivity contribution in [2.45, 2.75) is 25.8 Å². The lowest BCUT2D eigenvalue weighted by Gasteiger charge is -2.27. The largest absolute Gasteiger partial charge is 0.478 e. The van der Waals surface area contributed by atoms with Crippen LogP contribution in [0, 0.1) is 0 Å². The summed E-state index contributed by atoms with van der Waals surface area (Å²) in [5.41, 5.74) is 0.736. The predicted molar refractivity (Wildman–Crippen MR) is 95.6 cm³/mol. The second kappa shape index (κ2) is 9.44. The number of carboxylic acid groups (broad SMARTS) is 1. The zero-order valence-electron chi connectivity index (χ0n) is 14.5. The molecule has 1 fully saturated rings. The highest BCUT2D eigenvalue weighted by Crippen LogP contribution is 2.14. The first-order valence-electron chi connectivity index (χ1n) is 8.45. The van der Waals surface area contributed by atoms with Gasteiger partial charge < -0.3 is 10.0 Å². The number of pyridine rings is 1. The quantitative estimate of drug-likeness (QED) is 0.670. The van der Waals surface area contributed by atoms with E-state index in [9.17, 15) is 18.0 Å². The van der Waals surface area contributed by atoms with E-state index in [0.29, 0.717) is 13.1 Å². The molecule has 0 bridgehead atoms. The lowest BCUT2D eigenvalue weighted by Crippen LogP contribution is -2.41. The summed E-state index contributed by atoms with van der Waals surface area (Å²) in [5.74, 6) is -1.98. The summed E-state index contributed by atoms with van der Waals surface area (Å²) < 4.78 is 26.5. The number of carboxylic acids is 1. The fourth-order valence-electron chi connectivity index (χ4n) is 2.72. The topological polar surface area (TPSA) is 108 Å². The number of aliphatic carboxylic acids is 1.